The molecule has 0 aliphatic rings. The minimum Gasteiger partial charge on any atom is -0.487 e. The Balaban J connectivity index is 2.13. The molecule has 0 radical (unpaired) electrons. The summed E-state index contributed by atoms with van der Waals surface area (Å²) in [6.45, 7) is 0.385. The van der Waals surface area contributed by atoms with Crippen molar-refractivity contribution in [2.45, 2.75) is 6.61 Å². The third-order valence-corrected chi connectivity index (χ3v) is 4.44. The largest absolute Gasteiger partial charge is 0.487 e. The SMILES string of the molecule is O=[N+]([O-])c1ccc(Br)c(OCc2cc(Br)cs2)c1. The Bertz CT molecular complexity index is 585. The highest BCUT2D eigenvalue weighted by Gasteiger charge is 2.10. The van der Waals surface area contributed by atoms with Gasteiger partial charge in [0.2, 0.25) is 0 Å². The van der Waals surface area contributed by atoms with Crippen molar-refractivity contribution >= 4 is 48.9 Å². The zero-order valence-corrected chi connectivity index (χ0v) is 12.9. The molecule has 0 fully saturated rings. The molecule has 0 bridgehead atoms. The molecule has 0 aliphatic heterocycles. The van der Waals surface area contributed by atoms with E-state index in [2.05, 4.69) is 31.9 Å². The van der Waals surface area contributed by atoms with E-state index in [1.165, 1.54) is 12.1 Å². The maximum absolute atomic E-state index is 10.7. The molecule has 0 unspecified atom stereocenters. The lowest BCUT2D eigenvalue weighted by Crippen LogP contribution is -1.95. The van der Waals surface area contributed by atoms with Crippen LogP contribution in [-0.2, 0) is 6.61 Å². The summed E-state index contributed by atoms with van der Waals surface area (Å²) in [5.74, 6) is 0.466. The van der Waals surface area contributed by atoms with Gasteiger partial charge in [0.25, 0.3) is 5.69 Å². The summed E-state index contributed by atoms with van der Waals surface area (Å²) >= 11 is 8.23. The first kappa shape index (κ1) is 13.5. The van der Waals surface area contributed by atoms with Crippen molar-refractivity contribution in [2.75, 3.05) is 0 Å². The maximum atomic E-state index is 10.7. The molecule has 2 aromatic rings. The van der Waals surface area contributed by atoms with Gasteiger partial charge in [0.15, 0.2) is 0 Å². The van der Waals surface area contributed by atoms with Crippen LogP contribution in [0.4, 0.5) is 5.69 Å². The van der Waals surface area contributed by atoms with Crippen LogP contribution in [0.5, 0.6) is 5.75 Å². The molecule has 2 rings (SSSR count). The molecule has 94 valence electrons. The van der Waals surface area contributed by atoms with E-state index in [0.29, 0.717) is 16.8 Å². The average Bonchev–Trinajstić information content (AvgIpc) is 2.74. The van der Waals surface area contributed by atoms with Crippen LogP contribution < -0.4 is 4.74 Å². The van der Waals surface area contributed by atoms with Crippen LogP contribution in [-0.4, -0.2) is 4.92 Å². The van der Waals surface area contributed by atoms with E-state index < -0.39 is 4.92 Å². The van der Waals surface area contributed by atoms with Gasteiger partial charge in [-0.05, 0) is 44.0 Å². The summed E-state index contributed by atoms with van der Waals surface area (Å²) < 4.78 is 7.27. The summed E-state index contributed by atoms with van der Waals surface area (Å²) in [7, 11) is 0. The van der Waals surface area contributed by atoms with E-state index in [-0.39, 0.29) is 5.69 Å². The molecule has 0 N–H and O–H groups in total. The normalized spacial score (nSPS) is 10.3. The van der Waals surface area contributed by atoms with Gasteiger partial charge in [0.1, 0.15) is 12.4 Å². The van der Waals surface area contributed by atoms with Crippen molar-refractivity contribution < 1.29 is 9.66 Å². The lowest BCUT2D eigenvalue weighted by molar-refractivity contribution is -0.385. The maximum Gasteiger partial charge on any atom is 0.273 e. The fourth-order valence-electron chi connectivity index (χ4n) is 1.29. The average molecular weight is 393 g/mol. The molecule has 1 aromatic carbocycles. The number of non-ortho nitro benzene ring substituents is 1. The van der Waals surface area contributed by atoms with Crippen molar-refractivity contribution in [3.05, 3.63) is 53.6 Å². The Morgan fingerprint density at radius 1 is 1.33 bits per heavy atom. The predicted octanol–water partition coefficient (Wildman–Crippen LogP) is 4.76. The van der Waals surface area contributed by atoms with Gasteiger partial charge < -0.3 is 4.74 Å². The number of halogens is 2. The van der Waals surface area contributed by atoms with Crippen LogP contribution in [0.25, 0.3) is 0 Å². The first-order valence-corrected chi connectivity index (χ1v) is 7.32. The molecule has 0 aliphatic carbocycles. The van der Waals surface area contributed by atoms with E-state index in [1.54, 1.807) is 17.4 Å². The molecular weight excluding hydrogens is 386 g/mol. The fraction of sp³-hybridized carbons (Fsp3) is 0.0909. The van der Waals surface area contributed by atoms with Crippen molar-refractivity contribution in [1.29, 1.82) is 0 Å². The number of nitro groups is 1. The van der Waals surface area contributed by atoms with Crippen molar-refractivity contribution in [3.63, 3.8) is 0 Å². The molecule has 0 saturated carbocycles. The van der Waals surface area contributed by atoms with Crippen LogP contribution >= 0.6 is 43.2 Å². The molecular formula is C11H7Br2NO3S. The lowest BCUT2D eigenvalue weighted by Gasteiger charge is -2.06. The molecule has 18 heavy (non-hydrogen) atoms. The van der Waals surface area contributed by atoms with Gasteiger partial charge in [0.05, 0.1) is 15.5 Å². The molecule has 1 aromatic heterocycles. The van der Waals surface area contributed by atoms with Gasteiger partial charge in [-0.25, -0.2) is 0 Å². The number of rotatable bonds is 4. The second kappa shape index (κ2) is 5.81. The predicted molar refractivity (Wildman–Crippen MR) is 77.1 cm³/mol. The van der Waals surface area contributed by atoms with Crippen LogP contribution in [0.1, 0.15) is 4.88 Å². The molecule has 4 nitrogen and oxygen atoms in total. The van der Waals surface area contributed by atoms with Gasteiger partial charge in [0, 0.05) is 20.8 Å². The van der Waals surface area contributed by atoms with Gasteiger partial charge in [-0.15, -0.1) is 11.3 Å². The first-order chi connectivity index (χ1) is 8.56. The molecule has 1 heterocycles. The molecule has 0 spiro atoms. The van der Waals surface area contributed by atoms with Crippen molar-refractivity contribution in [3.8, 4) is 5.75 Å². The van der Waals surface area contributed by atoms with E-state index in [1.807, 2.05) is 11.4 Å². The number of thiophene rings is 1. The minimum absolute atomic E-state index is 0.0144. The van der Waals surface area contributed by atoms with Gasteiger partial charge in [-0.2, -0.15) is 0 Å². The highest BCUT2D eigenvalue weighted by Crippen LogP contribution is 2.30. The summed E-state index contributed by atoms with van der Waals surface area (Å²) in [5.41, 5.74) is 0.0144. The number of nitrogens with zero attached hydrogens (tertiary/aromatic N) is 1. The van der Waals surface area contributed by atoms with E-state index >= 15 is 0 Å². The highest BCUT2D eigenvalue weighted by molar-refractivity contribution is 9.10. The summed E-state index contributed by atoms with van der Waals surface area (Å²) in [6.07, 6.45) is 0. The lowest BCUT2D eigenvalue weighted by atomic mass is 10.3. The second-order valence-corrected chi connectivity index (χ2v) is 6.16. The molecule has 7 heteroatoms. The van der Waals surface area contributed by atoms with Gasteiger partial charge in [-0.1, -0.05) is 0 Å². The van der Waals surface area contributed by atoms with E-state index in [4.69, 9.17) is 4.74 Å². The third kappa shape index (κ3) is 3.30. The Morgan fingerprint density at radius 3 is 2.72 bits per heavy atom. The minimum atomic E-state index is -0.443. The number of hydrogen-bond acceptors (Lipinski definition) is 4. The van der Waals surface area contributed by atoms with E-state index in [0.717, 1.165) is 9.35 Å². The van der Waals surface area contributed by atoms with Crippen LogP contribution in [0.2, 0.25) is 0 Å². The number of hydrogen-bond donors (Lipinski definition) is 0. The van der Waals surface area contributed by atoms with Crippen LogP contribution in [0.15, 0.2) is 38.6 Å². The number of benzene rings is 1. The Kier molecular flexibility index (Phi) is 4.36. The topological polar surface area (TPSA) is 52.4 Å². The van der Waals surface area contributed by atoms with Gasteiger partial charge in [-0.3, -0.25) is 10.1 Å². The monoisotopic (exact) mass is 391 g/mol. The van der Waals surface area contributed by atoms with E-state index in [9.17, 15) is 10.1 Å². The quantitative estimate of drug-likeness (QED) is 0.556. The van der Waals surface area contributed by atoms with Crippen LogP contribution in [0, 0.1) is 10.1 Å². The first-order valence-electron chi connectivity index (χ1n) is 4.86. The Hall–Kier alpha value is -0.920. The third-order valence-electron chi connectivity index (χ3n) is 2.12. The summed E-state index contributed by atoms with van der Waals surface area (Å²) in [6, 6.07) is 6.40. The van der Waals surface area contributed by atoms with Crippen molar-refractivity contribution in [2.24, 2.45) is 0 Å². The summed E-state index contributed by atoms with van der Waals surface area (Å²) in [4.78, 5) is 11.3. The number of nitro benzene ring substituents is 1. The second-order valence-electron chi connectivity index (χ2n) is 3.39. The number of ether oxygens (including phenoxy) is 1. The highest BCUT2D eigenvalue weighted by atomic mass is 79.9. The molecule has 0 atom stereocenters. The Labute approximate surface area is 124 Å². The standard InChI is InChI=1S/C11H7Br2NO3S/c12-7-3-9(18-6-7)5-17-11-4-8(14(15)16)1-2-10(11)13/h1-4,6H,5H2. The molecule has 0 saturated heterocycles. The molecule has 0 amide bonds. The zero-order chi connectivity index (χ0) is 13.1. The van der Waals surface area contributed by atoms with Crippen LogP contribution in [0.3, 0.4) is 0 Å². The Morgan fingerprint density at radius 2 is 2.11 bits per heavy atom. The zero-order valence-electron chi connectivity index (χ0n) is 8.93. The smallest absolute Gasteiger partial charge is 0.273 e. The fourth-order valence-corrected chi connectivity index (χ4v) is 3.02. The van der Waals surface area contributed by atoms with Crippen molar-refractivity contribution in [1.82, 2.24) is 0 Å². The summed E-state index contributed by atoms with van der Waals surface area (Å²) in [5, 5.41) is 12.6. The van der Waals surface area contributed by atoms with Gasteiger partial charge >= 0.3 is 0 Å².